The highest BCUT2D eigenvalue weighted by Crippen LogP contribution is 2.30. The molecule has 0 aliphatic heterocycles. The van der Waals surface area contributed by atoms with E-state index in [2.05, 4.69) is 108 Å². The molecule has 0 aromatic heterocycles. The van der Waals surface area contributed by atoms with Gasteiger partial charge in [-0.25, -0.2) is 0 Å². The summed E-state index contributed by atoms with van der Waals surface area (Å²) < 4.78 is 0. The van der Waals surface area contributed by atoms with E-state index in [0.29, 0.717) is 5.92 Å². The third-order valence-electron chi connectivity index (χ3n) is 5.49. The molecule has 0 heteroatoms. The summed E-state index contributed by atoms with van der Waals surface area (Å²) in [5.41, 5.74) is 9.32. The minimum atomic E-state index is 0.619. The fraction of sp³-hybridized carbons (Fsp3) is 0.286. The lowest BCUT2D eigenvalue weighted by Crippen LogP contribution is -1.93. The zero-order valence-corrected chi connectivity index (χ0v) is 18.1. The Labute approximate surface area is 170 Å². The molecule has 0 aliphatic carbocycles. The van der Waals surface area contributed by atoms with Crippen LogP contribution in [0.25, 0.3) is 21.9 Å². The fourth-order valence-electron chi connectivity index (χ4n) is 3.70. The molecule has 0 saturated carbocycles. The van der Waals surface area contributed by atoms with Crippen LogP contribution in [0.15, 0.2) is 66.7 Å². The second kappa shape index (κ2) is 8.61. The molecule has 0 unspecified atom stereocenters. The van der Waals surface area contributed by atoms with Gasteiger partial charge in [-0.15, -0.1) is 0 Å². The summed E-state index contributed by atoms with van der Waals surface area (Å²) in [6, 6.07) is 20.2. The van der Waals surface area contributed by atoms with Crippen molar-refractivity contribution in [2.24, 2.45) is 5.92 Å². The average molecular weight is 369 g/mol. The van der Waals surface area contributed by atoms with E-state index in [4.69, 9.17) is 0 Å². The van der Waals surface area contributed by atoms with Crippen LogP contribution in [0.1, 0.15) is 55.0 Å². The SMILES string of the molecule is C/C(=C\C=C(/CC(C)C)c1ccc2c(C)ccc(C)c2c1)c1ccc(C)cc1. The predicted molar refractivity (Wildman–Crippen MR) is 126 cm³/mol. The molecule has 0 bridgehead atoms. The first kappa shape index (κ1) is 20.1. The number of aryl methyl sites for hydroxylation is 3. The lowest BCUT2D eigenvalue weighted by Gasteiger charge is -2.13. The highest BCUT2D eigenvalue weighted by Gasteiger charge is 2.08. The van der Waals surface area contributed by atoms with Gasteiger partial charge in [0, 0.05) is 0 Å². The minimum absolute atomic E-state index is 0.619. The molecule has 0 radical (unpaired) electrons. The molecule has 0 nitrogen and oxygen atoms in total. The van der Waals surface area contributed by atoms with Crippen LogP contribution >= 0.6 is 0 Å². The summed E-state index contributed by atoms with van der Waals surface area (Å²) in [6.07, 6.45) is 5.67. The smallest absolute Gasteiger partial charge is 0.0146 e. The van der Waals surface area contributed by atoms with Crippen LogP contribution in [-0.4, -0.2) is 0 Å². The molecule has 0 saturated heterocycles. The van der Waals surface area contributed by atoms with Gasteiger partial charge in [0.05, 0.1) is 0 Å². The van der Waals surface area contributed by atoms with Crippen molar-refractivity contribution < 1.29 is 0 Å². The quantitative estimate of drug-likeness (QED) is 0.397. The van der Waals surface area contributed by atoms with E-state index in [-0.39, 0.29) is 0 Å². The van der Waals surface area contributed by atoms with Gasteiger partial charge in [-0.1, -0.05) is 80.1 Å². The second-order valence-corrected chi connectivity index (χ2v) is 8.47. The predicted octanol–water partition coefficient (Wildman–Crippen LogP) is 8.30. The van der Waals surface area contributed by atoms with Crippen molar-refractivity contribution in [3.8, 4) is 0 Å². The Morgan fingerprint density at radius 2 is 1.36 bits per heavy atom. The van der Waals surface area contributed by atoms with Crippen LogP contribution in [0, 0.1) is 26.7 Å². The van der Waals surface area contributed by atoms with E-state index < -0.39 is 0 Å². The fourth-order valence-corrected chi connectivity index (χ4v) is 3.70. The van der Waals surface area contributed by atoms with Crippen molar-refractivity contribution in [1.29, 1.82) is 0 Å². The van der Waals surface area contributed by atoms with Crippen LogP contribution in [0.4, 0.5) is 0 Å². The molecule has 3 aromatic rings. The minimum Gasteiger partial charge on any atom is -0.0625 e. The largest absolute Gasteiger partial charge is 0.0625 e. The van der Waals surface area contributed by atoms with Crippen LogP contribution < -0.4 is 0 Å². The van der Waals surface area contributed by atoms with E-state index in [0.717, 1.165) is 6.42 Å². The average Bonchev–Trinajstić information content (AvgIpc) is 2.68. The molecular weight excluding hydrogens is 336 g/mol. The summed E-state index contributed by atoms with van der Waals surface area (Å²) in [5.74, 6) is 0.619. The van der Waals surface area contributed by atoms with Crippen molar-refractivity contribution in [2.45, 2.75) is 48.0 Å². The summed E-state index contributed by atoms with van der Waals surface area (Å²) >= 11 is 0. The highest BCUT2D eigenvalue weighted by molar-refractivity contribution is 5.91. The topological polar surface area (TPSA) is 0 Å². The molecular formula is C28H32. The lowest BCUT2D eigenvalue weighted by atomic mass is 9.91. The van der Waals surface area contributed by atoms with Crippen LogP contribution in [0.5, 0.6) is 0 Å². The molecule has 0 aliphatic rings. The maximum absolute atomic E-state index is 2.38. The standard InChI is InChI=1S/C28H32/c1-19(2)17-25(14-11-21(4)24-12-7-20(3)8-13-24)26-15-16-27-22(5)9-10-23(6)28(27)18-26/h7-16,18-19H,17H2,1-6H3/b21-11+,25-14+. The van der Waals surface area contributed by atoms with Crippen LogP contribution in [0.2, 0.25) is 0 Å². The van der Waals surface area contributed by atoms with Crippen molar-refractivity contribution in [1.82, 2.24) is 0 Å². The molecule has 0 spiro atoms. The number of benzene rings is 3. The van der Waals surface area contributed by atoms with Gasteiger partial charge in [0.15, 0.2) is 0 Å². The normalized spacial score (nSPS) is 12.8. The molecule has 0 atom stereocenters. The Morgan fingerprint density at radius 3 is 2.00 bits per heavy atom. The first-order valence-corrected chi connectivity index (χ1v) is 10.3. The highest BCUT2D eigenvalue weighted by atomic mass is 14.1. The zero-order chi connectivity index (χ0) is 20.3. The Balaban J connectivity index is 2.03. The summed E-state index contributed by atoms with van der Waals surface area (Å²) in [5, 5.41) is 2.73. The number of hydrogen-bond acceptors (Lipinski definition) is 0. The van der Waals surface area contributed by atoms with Gasteiger partial charge in [-0.3, -0.25) is 0 Å². The molecule has 0 fully saturated rings. The number of hydrogen-bond donors (Lipinski definition) is 0. The molecule has 28 heavy (non-hydrogen) atoms. The summed E-state index contributed by atoms with van der Waals surface area (Å²) in [6.45, 7) is 13.3. The van der Waals surface area contributed by atoms with Gasteiger partial charge < -0.3 is 0 Å². The third-order valence-corrected chi connectivity index (χ3v) is 5.49. The van der Waals surface area contributed by atoms with E-state index in [1.54, 1.807) is 0 Å². The Hall–Kier alpha value is -2.60. The molecule has 0 amide bonds. The van der Waals surface area contributed by atoms with E-state index >= 15 is 0 Å². The number of allylic oxidation sites excluding steroid dienone is 4. The van der Waals surface area contributed by atoms with E-state index in [1.165, 1.54) is 49.7 Å². The van der Waals surface area contributed by atoms with Gasteiger partial charge >= 0.3 is 0 Å². The first-order valence-electron chi connectivity index (χ1n) is 10.3. The van der Waals surface area contributed by atoms with Crippen molar-refractivity contribution in [2.75, 3.05) is 0 Å². The van der Waals surface area contributed by atoms with Gasteiger partial charge in [-0.2, -0.15) is 0 Å². The molecule has 144 valence electrons. The Bertz CT molecular complexity index is 1030. The summed E-state index contributed by atoms with van der Waals surface area (Å²) in [7, 11) is 0. The zero-order valence-electron chi connectivity index (χ0n) is 18.1. The van der Waals surface area contributed by atoms with E-state index in [9.17, 15) is 0 Å². The van der Waals surface area contributed by atoms with E-state index in [1.807, 2.05) is 0 Å². The summed E-state index contributed by atoms with van der Waals surface area (Å²) in [4.78, 5) is 0. The Kier molecular flexibility index (Phi) is 6.19. The van der Waals surface area contributed by atoms with Crippen molar-refractivity contribution in [3.63, 3.8) is 0 Å². The van der Waals surface area contributed by atoms with Crippen LogP contribution in [0.3, 0.4) is 0 Å². The number of fused-ring (bicyclic) bond motifs is 1. The molecule has 3 aromatic carbocycles. The van der Waals surface area contributed by atoms with Gasteiger partial charge in [0.2, 0.25) is 0 Å². The first-order chi connectivity index (χ1) is 13.3. The maximum atomic E-state index is 2.38. The molecule has 0 N–H and O–H groups in total. The van der Waals surface area contributed by atoms with Crippen LogP contribution in [-0.2, 0) is 0 Å². The molecule has 3 rings (SSSR count). The van der Waals surface area contributed by atoms with Gasteiger partial charge in [0.1, 0.15) is 0 Å². The molecule has 0 heterocycles. The van der Waals surface area contributed by atoms with Crippen molar-refractivity contribution in [3.05, 3.63) is 94.6 Å². The Morgan fingerprint density at radius 1 is 0.750 bits per heavy atom. The van der Waals surface area contributed by atoms with Crippen molar-refractivity contribution >= 4 is 21.9 Å². The number of rotatable bonds is 5. The monoisotopic (exact) mass is 368 g/mol. The van der Waals surface area contributed by atoms with Gasteiger partial charge in [-0.05, 0) is 90.3 Å². The second-order valence-electron chi connectivity index (χ2n) is 8.47. The third kappa shape index (κ3) is 4.62. The maximum Gasteiger partial charge on any atom is -0.0146 e. The lowest BCUT2D eigenvalue weighted by molar-refractivity contribution is 0.673. The van der Waals surface area contributed by atoms with Gasteiger partial charge in [0.25, 0.3) is 0 Å².